The molecule has 1 aromatic rings. The van der Waals surface area contributed by atoms with E-state index < -0.39 is 0 Å². The van der Waals surface area contributed by atoms with Gasteiger partial charge in [-0.15, -0.1) is 0 Å². The Labute approximate surface area is 150 Å². The van der Waals surface area contributed by atoms with E-state index >= 15 is 0 Å². The standard InChI is InChI=1S/C20H30N2O3/c1-21-17(15-24-14-16-4-5-16)6-7-20(21)8-10-22(11-9-20)19(23)13-18-3-2-12-25-18/h2-3,12,16-17H,4-11,13-15H2,1H3/t17-/m0/s1. The van der Waals surface area contributed by atoms with Gasteiger partial charge in [-0.2, -0.15) is 0 Å². The van der Waals surface area contributed by atoms with Gasteiger partial charge in [0.05, 0.1) is 19.3 Å². The van der Waals surface area contributed by atoms with Gasteiger partial charge in [-0.3, -0.25) is 9.69 Å². The number of rotatable bonds is 6. The van der Waals surface area contributed by atoms with Gasteiger partial charge in [-0.1, -0.05) is 0 Å². The van der Waals surface area contributed by atoms with Crippen LogP contribution in [0.15, 0.2) is 22.8 Å². The summed E-state index contributed by atoms with van der Waals surface area (Å²) in [6.45, 7) is 3.54. The molecule has 3 fully saturated rings. The highest BCUT2D eigenvalue weighted by molar-refractivity contribution is 5.78. The molecule has 1 saturated carbocycles. The first-order valence-corrected chi connectivity index (χ1v) is 9.77. The lowest BCUT2D eigenvalue weighted by atomic mass is 9.85. The van der Waals surface area contributed by atoms with Gasteiger partial charge in [0.2, 0.25) is 5.91 Å². The van der Waals surface area contributed by atoms with Crippen LogP contribution in [0.25, 0.3) is 0 Å². The second-order valence-corrected chi connectivity index (χ2v) is 8.15. The van der Waals surface area contributed by atoms with E-state index in [0.29, 0.717) is 12.5 Å². The number of carbonyl (C=O) groups excluding carboxylic acids is 1. The van der Waals surface area contributed by atoms with Crippen molar-refractivity contribution >= 4 is 5.91 Å². The molecule has 1 aromatic heterocycles. The third-order valence-electron chi connectivity index (χ3n) is 6.55. The lowest BCUT2D eigenvalue weighted by Crippen LogP contribution is -2.54. The van der Waals surface area contributed by atoms with Crippen LogP contribution in [-0.2, 0) is 16.0 Å². The monoisotopic (exact) mass is 346 g/mol. The number of amides is 1. The lowest BCUT2D eigenvalue weighted by Gasteiger charge is -2.45. The summed E-state index contributed by atoms with van der Waals surface area (Å²) in [6, 6.07) is 4.26. The number of piperidine rings is 1. The number of hydrogen-bond acceptors (Lipinski definition) is 4. The van der Waals surface area contributed by atoms with Crippen LogP contribution in [0, 0.1) is 5.92 Å². The fraction of sp³-hybridized carbons (Fsp3) is 0.750. The molecule has 0 bridgehead atoms. The maximum atomic E-state index is 12.5. The molecule has 25 heavy (non-hydrogen) atoms. The normalized spacial score (nSPS) is 26.4. The van der Waals surface area contributed by atoms with Gasteiger partial charge in [-0.25, -0.2) is 0 Å². The largest absolute Gasteiger partial charge is 0.469 e. The number of ether oxygens (including phenoxy) is 1. The topological polar surface area (TPSA) is 45.9 Å². The molecule has 0 unspecified atom stereocenters. The fourth-order valence-corrected chi connectivity index (χ4v) is 4.49. The van der Waals surface area contributed by atoms with Crippen LogP contribution in [-0.4, -0.2) is 60.6 Å². The predicted octanol–water partition coefficient (Wildman–Crippen LogP) is 2.70. The van der Waals surface area contributed by atoms with E-state index in [-0.39, 0.29) is 11.4 Å². The first-order valence-electron chi connectivity index (χ1n) is 9.77. The Morgan fingerprint density at radius 3 is 2.72 bits per heavy atom. The van der Waals surface area contributed by atoms with E-state index in [1.807, 2.05) is 17.0 Å². The highest BCUT2D eigenvalue weighted by atomic mass is 16.5. The van der Waals surface area contributed by atoms with Gasteiger partial charge >= 0.3 is 0 Å². The third-order valence-corrected chi connectivity index (χ3v) is 6.55. The van der Waals surface area contributed by atoms with Gasteiger partial charge in [0, 0.05) is 31.3 Å². The number of likely N-dealkylation sites (N-methyl/N-ethyl adjacent to an activating group) is 1. The van der Waals surface area contributed by atoms with Crippen LogP contribution in [0.2, 0.25) is 0 Å². The van der Waals surface area contributed by atoms with E-state index in [2.05, 4.69) is 11.9 Å². The minimum Gasteiger partial charge on any atom is -0.469 e. The minimum absolute atomic E-state index is 0.190. The van der Waals surface area contributed by atoms with Crippen molar-refractivity contribution in [2.75, 3.05) is 33.4 Å². The number of furan rings is 1. The Morgan fingerprint density at radius 2 is 2.04 bits per heavy atom. The molecule has 2 saturated heterocycles. The number of hydrogen-bond donors (Lipinski definition) is 0. The Hall–Kier alpha value is -1.33. The summed E-state index contributed by atoms with van der Waals surface area (Å²) in [7, 11) is 2.26. The maximum Gasteiger partial charge on any atom is 0.230 e. The number of nitrogens with zero attached hydrogens (tertiary/aromatic N) is 2. The smallest absolute Gasteiger partial charge is 0.230 e. The van der Waals surface area contributed by atoms with Crippen LogP contribution < -0.4 is 0 Å². The van der Waals surface area contributed by atoms with E-state index in [0.717, 1.165) is 50.8 Å². The summed E-state index contributed by atoms with van der Waals surface area (Å²) in [4.78, 5) is 17.0. The molecular weight excluding hydrogens is 316 g/mol. The second-order valence-electron chi connectivity index (χ2n) is 8.15. The van der Waals surface area contributed by atoms with Gasteiger partial charge < -0.3 is 14.1 Å². The summed E-state index contributed by atoms with van der Waals surface area (Å²) in [5.41, 5.74) is 0.273. The summed E-state index contributed by atoms with van der Waals surface area (Å²) in [5, 5.41) is 0. The zero-order chi connectivity index (χ0) is 17.3. The third kappa shape index (κ3) is 3.77. The van der Waals surface area contributed by atoms with E-state index in [1.54, 1.807) is 6.26 Å². The van der Waals surface area contributed by atoms with Crippen molar-refractivity contribution in [1.29, 1.82) is 0 Å². The molecule has 2 aliphatic heterocycles. The molecule has 0 radical (unpaired) electrons. The second kappa shape index (κ2) is 7.12. The van der Waals surface area contributed by atoms with E-state index in [4.69, 9.17) is 9.15 Å². The Bertz CT molecular complexity index is 574. The van der Waals surface area contributed by atoms with Crippen molar-refractivity contribution in [3.05, 3.63) is 24.2 Å². The van der Waals surface area contributed by atoms with Crippen molar-refractivity contribution < 1.29 is 13.9 Å². The highest BCUT2D eigenvalue weighted by Crippen LogP contribution is 2.41. The van der Waals surface area contributed by atoms with Crippen molar-refractivity contribution in [3.63, 3.8) is 0 Å². The zero-order valence-corrected chi connectivity index (χ0v) is 15.3. The minimum atomic E-state index is 0.190. The first kappa shape index (κ1) is 17.1. The summed E-state index contributed by atoms with van der Waals surface area (Å²) in [5.74, 6) is 1.79. The van der Waals surface area contributed by atoms with Crippen molar-refractivity contribution in [1.82, 2.24) is 9.80 Å². The molecule has 0 N–H and O–H groups in total. The first-order chi connectivity index (χ1) is 12.2. The number of carbonyl (C=O) groups is 1. The molecule has 1 aliphatic carbocycles. The molecule has 138 valence electrons. The average molecular weight is 346 g/mol. The molecule has 3 aliphatic rings. The van der Waals surface area contributed by atoms with Crippen molar-refractivity contribution in [2.45, 2.75) is 56.5 Å². The molecule has 1 atom stereocenters. The summed E-state index contributed by atoms with van der Waals surface area (Å²) in [6.07, 6.45) is 9.33. The van der Waals surface area contributed by atoms with Crippen LogP contribution in [0.5, 0.6) is 0 Å². The Kier molecular flexibility index (Phi) is 4.87. The molecule has 4 rings (SSSR count). The van der Waals surface area contributed by atoms with E-state index in [1.165, 1.54) is 25.7 Å². The molecule has 1 spiro atoms. The van der Waals surface area contributed by atoms with Crippen molar-refractivity contribution in [3.8, 4) is 0 Å². The predicted molar refractivity (Wildman–Crippen MR) is 95.3 cm³/mol. The Balaban J connectivity index is 1.26. The molecule has 0 aromatic carbocycles. The van der Waals surface area contributed by atoms with Gasteiger partial charge in [0.25, 0.3) is 0 Å². The lowest BCUT2D eigenvalue weighted by molar-refractivity contribution is -0.133. The van der Waals surface area contributed by atoms with E-state index in [9.17, 15) is 4.79 Å². The molecule has 5 nitrogen and oxygen atoms in total. The van der Waals surface area contributed by atoms with Crippen LogP contribution >= 0.6 is 0 Å². The van der Waals surface area contributed by atoms with Crippen molar-refractivity contribution in [2.24, 2.45) is 5.92 Å². The molecule has 5 heteroatoms. The average Bonchev–Trinajstić information content (AvgIpc) is 3.22. The summed E-state index contributed by atoms with van der Waals surface area (Å²) >= 11 is 0. The highest BCUT2D eigenvalue weighted by Gasteiger charge is 2.46. The van der Waals surface area contributed by atoms with Crippen LogP contribution in [0.1, 0.15) is 44.3 Å². The SMILES string of the molecule is CN1[C@H](COCC2CC2)CCC12CCN(C(=O)Cc1ccco1)CC2. The molecule has 3 heterocycles. The van der Waals surface area contributed by atoms with Gasteiger partial charge in [0.1, 0.15) is 5.76 Å². The van der Waals surface area contributed by atoms with Crippen LogP contribution in [0.4, 0.5) is 0 Å². The Morgan fingerprint density at radius 1 is 1.24 bits per heavy atom. The number of likely N-dealkylation sites (tertiary alicyclic amines) is 2. The maximum absolute atomic E-state index is 12.5. The van der Waals surface area contributed by atoms with Gasteiger partial charge in [-0.05, 0) is 63.6 Å². The quantitative estimate of drug-likeness (QED) is 0.794. The van der Waals surface area contributed by atoms with Gasteiger partial charge in [0.15, 0.2) is 0 Å². The molecular formula is C20H30N2O3. The zero-order valence-electron chi connectivity index (χ0n) is 15.3. The summed E-state index contributed by atoms with van der Waals surface area (Å²) < 4.78 is 11.3. The van der Waals surface area contributed by atoms with Crippen LogP contribution in [0.3, 0.4) is 0 Å². The fourth-order valence-electron chi connectivity index (χ4n) is 4.49. The molecule has 1 amide bonds.